The third kappa shape index (κ3) is 4.46. The van der Waals surface area contributed by atoms with Gasteiger partial charge in [-0.2, -0.15) is 0 Å². The third-order valence-corrected chi connectivity index (χ3v) is 3.87. The topological polar surface area (TPSA) is 91.6 Å². The lowest BCUT2D eigenvalue weighted by Gasteiger charge is -2.08. The average Bonchev–Trinajstić information content (AvgIpc) is 2.72. The van der Waals surface area contributed by atoms with E-state index in [1.54, 1.807) is 42.7 Å². The number of esters is 1. The molecule has 0 aliphatic heterocycles. The third-order valence-electron chi connectivity index (χ3n) is 3.87. The number of nitrogens with zero attached hydrogens (tertiary/aromatic N) is 2. The highest BCUT2D eigenvalue weighted by molar-refractivity contribution is 5.92. The van der Waals surface area contributed by atoms with Crippen molar-refractivity contribution >= 4 is 11.7 Å². The predicted molar refractivity (Wildman–Crippen MR) is 98.4 cm³/mol. The summed E-state index contributed by atoms with van der Waals surface area (Å²) in [5.74, 6) is 0.0256. The largest absolute Gasteiger partial charge is 0.489 e. The molecule has 0 unspecified atom stereocenters. The zero-order chi connectivity index (χ0) is 19.2. The van der Waals surface area contributed by atoms with Crippen LogP contribution in [0.1, 0.15) is 15.9 Å². The first-order chi connectivity index (χ1) is 13.1. The molecule has 7 nitrogen and oxygen atoms in total. The van der Waals surface area contributed by atoms with E-state index in [-0.39, 0.29) is 11.3 Å². The van der Waals surface area contributed by atoms with E-state index in [0.717, 1.165) is 11.1 Å². The Balaban J connectivity index is 1.82. The van der Waals surface area contributed by atoms with Crippen LogP contribution in [0, 0.1) is 10.1 Å². The normalized spacial score (nSPS) is 10.3. The standard InChI is InChI=1S/C20H16N2O5/c1-26-20(23)17-9-16(10-18(11-17)22(24)25)15-4-6-19(7-5-15)27-13-14-3-2-8-21-12-14/h2-12H,13H2,1H3. The van der Waals surface area contributed by atoms with Crippen LogP contribution in [0.25, 0.3) is 11.1 Å². The van der Waals surface area contributed by atoms with Gasteiger partial charge in [-0.25, -0.2) is 4.79 Å². The van der Waals surface area contributed by atoms with E-state index >= 15 is 0 Å². The second-order valence-electron chi connectivity index (χ2n) is 5.69. The number of hydrogen-bond acceptors (Lipinski definition) is 6. The Hall–Kier alpha value is -3.74. The molecule has 7 heteroatoms. The van der Waals surface area contributed by atoms with Crippen LogP contribution in [0.4, 0.5) is 5.69 Å². The Morgan fingerprint density at radius 2 is 1.89 bits per heavy atom. The number of carbonyl (C=O) groups is 1. The molecule has 0 N–H and O–H groups in total. The molecule has 0 saturated carbocycles. The van der Waals surface area contributed by atoms with Gasteiger partial charge in [-0.3, -0.25) is 15.1 Å². The van der Waals surface area contributed by atoms with Crippen molar-refractivity contribution in [1.82, 2.24) is 4.98 Å². The molecule has 2 aromatic carbocycles. The van der Waals surface area contributed by atoms with Gasteiger partial charge in [-0.05, 0) is 35.4 Å². The molecular weight excluding hydrogens is 348 g/mol. The van der Waals surface area contributed by atoms with Crippen LogP contribution in [0.3, 0.4) is 0 Å². The highest BCUT2D eigenvalue weighted by Gasteiger charge is 2.15. The number of methoxy groups -OCH3 is 1. The lowest BCUT2D eigenvalue weighted by molar-refractivity contribution is -0.384. The van der Waals surface area contributed by atoms with E-state index in [2.05, 4.69) is 9.72 Å². The summed E-state index contributed by atoms with van der Waals surface area (Å²) in [5.41, 5.74) is 2.16. The molecule has 0 saturated heterocycles. The Bertz CT molecular complexity index is 956. The minimum Gasteiger partial charge on any atom is -0.489 e. The van der Waals surface area contributed by atoms with Crippen LogP contribution in [0.2, 0.25) is 0 Å². The summed E-state index contributed by atoms with van der Waals surface area (Å²) in [5, 5.41) is 11.1. The molecule has 3 aromatic rings. The molecular formula is C20H16N2O5. The van der Waals surface area contributed by atoms with E-state index in [0.29, 0.717) is 17.9 Å². The molecule has 136 valence electrons. The Morgan fingerprint density at radius 3 is 2.52 bits per heavy atom. The number of benzene rings is 2. The molecule has 0 spiro atoms. The fourth-order valence-corrected chi connectivity index (χ4v) is 2.51. The van der Waals surface area contributed by atoms with Crippen molar-refractivity contribution in [2.45, 2.75) is 6.61 Å². The number of nitro benzene ring substituents is 1. The monoisotopic (exact) mass is 364 g/mol. The van der Waals surface area contributed by atoms with E-state index in [1.165, 1.54) is 19.2 Å². The van der Waals surface area contributed by atoms with Crippen molar-refractivity contribution < 1.29 is 19.2 Å². The minimum absolute atomic E-state index is 0.124. The van der Waals surface area contributed by atoms with Crippen molar-refractivity contribution in [2.24, 2.45) is 0 Å². The van der Waals surface area contributed by atoms with E-state index in [4.69, 9.17) is 4.74 Å². The molecule has 0 aliphatic carbocycles. The van der Waals surface area contributed by atoms with Crippen molar-refractivity contribution in [3.8, 4) is 16.9 Å². The summed E-state index contributed by atoms with van der Waals surface area (Å²) in [4.78, 5) is 26.4. The van der Waals surface area contributed by atoms with Gasteiger partial charge >= 0.3 is 5.97 Å². The Kier molecular flexibility index (Phi) is 5.41. The van der Waals surface area contributed by atoms with Gasteiger partial charge in [0.15, 0.2) is 0 Å². The summed E-state index contributed by atoms with van der Waals surface area (Å²) in [6, 6.07) is 15.0. The smallest absolute Gasteiger partial charge is 0.338 e. The lowest BCUT2D eigenvalue weighted by atomic mass is 10.0. The van der Waals surface area contributed by atoms with Crippen LogP contribution in [-0.2, 0) is 11.3 Å². The summed E-state index contributed by atoms with van der Waals surface area (Å²) in [6.45, 7) is 0.385. The number of nitro groups is 1. The molecule has 0 fully saturated rings. The average molecular weight is 364 g/mol. The summed E-state index contributed by atoms with van der Waals surface area (Å²) >= 11 is 0. The lowest BCUT2D eigenvalue weighted by Crippen LogP contribution is -2.02. The minimum atomic E-state index is -0.628. The van der Waals surface area contributed by atoms with Crippen LogP contribution in [-0.4, -0.2) is 23.0 Å². The first-order valence-electron chi connectivity index (χ1n) is 8.07. The number of ether oxygens (including phenoxy) is 2. The Labute approximate surface area is 155 Å². The maximum Gasteiger partial charge on any atom is 0.338 e. The first kappa shape index (κ1) is 18.1. The van der Waals surface area contributed by atoms with Gasteiger partial charge < -0.3 is 9.47 Å². The van der Waals surface area contributed by atoms with Crippen LogP contribution < -0.4 is 4.74 Å². The zero-order valence-electron chi connectivity index (χ0n) is 14.5. The molecule has 0 amide bonds. The molecule has 27 heavy (non-hydrogen) atoms. The van der Waals surface area contributed by atoms with Crippen LogP contribution >= 0.6 is 0 Å². The molecule has 0 aliphatic rings. The van der Waals surface area contributed by atoms with Crippen LogP contribution in [0.5, 0.6) is 5.75 Å². The van der Waals surface area contributed by atoms with Gasteiger partial charge in [-0.15, -0.1) is 0 Å². The van der Waals surface area contributed by atoms with E-state index < -0.39 is 10.9 Å². The molecule has 0 atom stereocenters. The van der Waals surface area contributed by atoms with Crippen molar-refractivity contribution in [3.05, 3.63) is 88.2 Å². The fraction of sp³-hybridized carbons (Fsp3) is 0.100. The molecule has 3 rings (SSSR count). The SMILES string of the molecule is COC(=O)c1cc(-c2ccc(OCc3cccnc3)cc2)cc([N+](=O)[O-])c1. The number of aromatic nitrogens is 1. The van der Waals surface area contributed by atoms with Gasteiger partial charge in [0.2, 0.25) is 0 Å². The summed E-state index contributed by atoms with van der Waals surface area (Å²) < 4.78 is 10.4. The number of rotatable bonds is 6. The second-order valence-corrected chi connectivity index (χ2v) is 5.69. The van der Waals surface area contributed by atoms with Crippen molar-refractivity contribution in [3.63, 3.8) is 0 Å². The van der Waals surface area contributed by atoms with Gasteiger partial charge in [0, 0.05) is 30.1 Å². The summed E-state index contributed by atoms with van der Waals surface area (Å²) in [7, 11) is 1.23. The van der Waals surface area contributed by atoms with Crippen LogP contribution in [0.15, 0.2) is 67.0 Å². The molecule has 1 aromatic heterocycles. The van der Waals surface area contributed by atoms with E-state index in [9.17, 15) is 14.9 Å². The van der Waals surface area contributed by atoms with Crippen molar-refractivity contribution in [1.29, 1.82) is 0 Å². The zero-order valence-corrected chi connectivity index (χ0v) is 14.5. The fourth-order valence-electron chi connectivity index (χ4n) is 2.51. The maximum absolute atomic E-state index is 11.8. The number of carbonyl (C=O) groups excluding carboxylic acids is 1. The van der Waals surface area contributed by atoms with Crippen molar-refractivity contribution in [2.75, 3.05) is 7.11 Å². The Morgan fingerprint density at radius 1 is 1.11 bits per heavy atom. The number of non-ortho nitro benzene ring substituents is 1. The summed E-state index contributed by atoms with van der Waals surface area (Å²) in [6.07, 6.45) is 3.42. The quantitative estimate of drug-likeness (QED) is 0.373. The maximum atomic E-state index is 11.8. The molecule has 0 radical (unpaired) electrons. The molecule has 0 bridgehead atoms. The highest BCUT2D eigenvalue weighted by atomic mass is 16.6. The van der Waals surface area contributed by atoms with Gasteiger partial charge in [0.1, 0.15) is 12.4 Å². The van der Waals surface area contributed by atoms with Gasteiger partial charge in [0.05, 0.1) is 17.6 Å². The van der Waals surface area contributed by atoms with Gasteiger partial charge in [0.25, 0.3) is 5.69 Å². The second kappa shape index (κ2) is 8.09. The van der Waals surface area contributed by atoms with E-state index in [1.807, 2.05) is 12.1 Å². The highest BCUT2D eigenvalue weighted by Crippen LogP contribution is 2.28. The predicted octanol–water partition coefficient (Wildman–Crippen LogP) is 4.02. The first-order valence-corrected chi connectivity index (χ1v) is 8.07. The number of hydrogen-bond donors (Lipinski definition) is 0. The molecule has 1 heterocycles. The number of pyridine rings is 1. The van der Waals surface area contributed by atoms with Gasteiger partial charge in [-0.1, -0.05) is 18.2 Å².